The molecule has 0 unspecified atom stereocenters. The van der Waals surface area contributed by atoms with Crippen LogP contribution in [0, 0.1) is 0 Å². The third-order valence-corrected chi connectivity index (χ3v) is 4.96. The van der Waals surface area contributed by atoms with E-state index in [-0.39, 0.29) is 5.91 Å². The van der Waals surface area contributed by atoms with Crippen LogP contribution in [0.5, 0.6) is 0 Å². The Bertz CT molecular complexity index is 1030. The molecule has 0 aliphatic heterocycles. The lowest BCUT2D eigenvalue weighted by Gasteiger charge is -2.07. The van der Waals surface area contributed by atoms with E-state index in [9.17, 15) is 4.79 Å². The fraction of sp³-hybridized carbons (Fsp3) is 0.0556. The number of hydrogen-bond donors (Lipinski definition) is 1. The Balaban J connectivity index is 1.66. The van der Waals surface area contributed by atoms with Crippen LogP contribution in [0.2, 0.25) is 0 Å². The summed E-state index contributed by atoms with van der Waals surface area (Å²) >= 11 is 4.82. The van der Waals surface area contributed by atoms with Crippen LogP contribution in [-0.4, -0.2) is 20.7 Å². The Morgan fingerprint density at radius 1 is 1.23 bits per heavy atom. The van der Waals surface area contributed by atoms with E-state index >= 15 is 0 Å². The van der Waals surface area contributed by atoms with Gasteiger partial charge in [-0.3, -0.25) is 4.79 Å². The van der Waals surface area contributed by atoms with Crippen LogP contribution < -0.4 is 5.32 Å². The summed E-state index contributed by atoms with van der Waals surface area (Å²) < 4.78 is 7.63. The normalized spacial score (nSPS) is 10.8. The number of rotatable bonds is 5. The van der Waals surface area contributed by atoms with E-state index in [0.717, 1.165) is 10.0 Å². The van der Waals surface area contributed by atoms with Crippen LogP contribution >= 0.6 is 27.3 Å². The molecule has 0 radical (unpaired) electrons. The average Bonchev–Trinajstić information content (AvgIpc) is 3.40. The molecule has 8 heteroatoms. The summed E-state index contributed by atoms with van der Waals surface area (Å²) in [5, 5.41) is 9.38. The number of hydrogen-bond acceptors (Lipinski definition) is 6. The zero-order valence-corrected chi connectivity index (χ0v) is 15.8. The Labute approximate surface area is 161 Å². The molecule has 1 aromatic carbocycles. The van der Waals surface area contributed by atoms with Gasteiger partial charge in [-0.2, -0.15) is 9.67 Å². The Hall–Kier alpha value is -2.71. The van der Waals surface area contributed by atoms with E-state index in [4.69, 9.17) is 4.42 Å². The van der Waals surface area contributed by atoms with Gasteiger partial charge in [-0.05, 0) is 41.3 Å². The third-order valence-electron chi connectivity index (χ3n) is 3.61. The highest BCUT2D eigenvalue weighted by Gasteiger charge is 2.20. The predicted molar refractivity (Wildman–Crippen MR) is 103 cm³/mol. The van der Waals surface area contributed by atoms with Crippen molar-refractivity contribution in [2.24, 2.45) is 0 Å². The second-order valence-corrected chi connectivity index (χ2v) is 7.28. The maximum absolute atomic E-state index is 12.8. The number of halogens is 1. The summed E-state index contributed by atoms with van der Waals surface area (Å²) in [6, 6.07) is 15.0. The average molecular weight is 429 g/mol. The first kappa shape index (κ1) is 16.7. The van der Waals surface area contributed by atoms with Gasteiger partial charge in [-0.15, -0.1) is 16.4 Å². The quantitative estimate of drug-likeness (QED) is 0.500. The van der Waals surface area contributed by atoms with Gasteiger partial charge in [0.2, 0.25) is 11.8 Å². The fourth-order valence-electron chi connectivity index (χ4n) is 2.41. The summed E-state index contributed by atoms with van der Waals surface area (Å²) in [6.45, 7) is 0.507. The van der Waals surface area contributed by atoms with Gasteiger partial charge < -0.3 is 9.73 Å². The van der Waals surface area contributed by atoms with Gasteiger partial charge in [0, 0.05) is 11.0 Å². The van der Waals surface area contributed by atoms with Crippen molar-refractivity contribution in [3.8, 4) is 11.6 Å². The monoisotopic (exact) mass is 428 g/mol. The molecule has 0 saturated carbocycles. The highest BCUT2D eigenvalue weighted by molar-refractivity contribution is 9.10. The van der Waals surface area contributed by atoms with E-state index in [1.54, 1.807) is 24.5 Å². The van der Waals surface area contributed by atoms with Gasteiger partial charge >= 0.3 is 0 Å². The summed E-state index contributed by atoms with van der Waals surface area (Å²) in [4.78, 5) is 17.8. The molecule has 4 rings (SSSR count). The number of nitrogens with zero attached hydrogens (tertiary/aromatic N) is 3. The maximum atomic E-state index is 12.8. The molecule has 0 atom stereocenters. The number of furan rings is 1. The zero-order chi connectivity index (χ0) is 17.9. The van der Waals surface area contributed by atoms with Crippen LogP contribution in [0.15, 0.2) is 69.1 Å². The molecule has 0 fully saturated rings. The Morgan fingerprint density at radius 3 is 2.88 bits per heavy atom. The van der Waals surface area contributed by atoms with E-state index in [0.29, 0.717) is 29.0 Å². The summed E-state index contributed by atoms with van der Waals surface area (Å²) in [5.74, 6) is 1.00. The number of thiophene rings is 1. The SMILES string of the molecule is O=C(c1cccs1)n1nc(-c2ccco2)nc1NCc1cccc(Br)c1. The van der Waals surface area contributed by atoms with Crippen LogP contribution in [-0.2, 0) is 6.54 Å². The Morgan fingerprint density at radius 2 is 2.15 bits per heavy atom. The molecule has 26 heavy (non-hydrogen) atoms. The summed E-state index contributed by atoms with van der Waals surface area (Å²) in [5.41, 5.74) is 1.05. The van der Waals surface area contributed by atoms with Gasteiger partial charge in [0.15, 0.2) is 5.76 Å². The van der Waals surface area contributed by atoms with Gasteiger partial charge in [0.25, 0.3) is 5.91 Å². The van der Waals surface area contributed by atoms with Crippen molar-refractivity contribution < 1.29 is 9.21 Å². The number of carbonyl (C=O) groups excluding carboxylic acids is 1. The predicted octanol–water partition coefficient (Wildman–Crippen LogP) is 4.66. The lowest BCUT2D eigenvalue weighted by molar-refractivity contribution is 0.0951. The minimum absolute atomic E-state index is 0.234. The van der Waals surface area contributed by atoms with Crippen LogP contribution in [0.3, 0.4) is 0 Å². The molecule has 130 valence electrons. The van der Waals surface area contributed by atoms with Crippen molar-refractivity contribution in [1.29, 1.82) is 0 Å². The first-order valence-corrected chi connectivity index (χ1v) is 9.45. The van der Waals surface area contributed by atoms with E-state index in [1.165, 1.54) is 16.0 Å². The van der Waals surface area contributed by atoms with Crippen LogP contribution in [0.1, 0.15) is 15.2 Å². The standard InChI is InChI=1S/C18H13BrN4O2S/c19-13-5-1-4-12(10-13)11-20-18-21-16(14-6-2-8-25-14)22-23(18)17(24)15-7-3-9-26-15/h1-10H,11H2,(H,20,21,22). The second kappa shape index (κ2) is 7.27. The number of nitrogens with one attached hydrogen (secondary N) is 1. The molecule has 0 aliphatic rings. The highest BCUT2D eigenvalue weighted by atomic mass is 79.9. The largest absolute Gasteiger partial charge is 0.461 e. The van der Waals surface area contributed by atoms with Crippen molar-refractivity contribution in [3.63, 3.8) is 0 Å². The van der Waals surface area contributed by atoms with Crippen molar-refractivity contribution in [2.45, 2.75) is 6.54 Å². The minimum atomic E-state index is -0.234. The number of benzene rings is 1. The first-order chi connectivity index (χ1) is 12.7. The molecule has 3 aromatic heterocycles. The Kier molecular flexibility index (Phi) is 4.68. The minimum Gasteiger partial charge on any atom is -0.461 e. The topological polar surface area (TPSA) is 73.0 Å². The number of aromatic nitrogens is 3. The van der Waals surface area contributed by atoms with Crippen molar-refractivity contribution in [1.82, 2.24) is 14.8 Å². The molecule has 1 N–H and O–H groups in total. The fourth-order valence-corrected chi connectivity index (χ4v) is 3.51. The summed E-state index contributed by atoms with van der Waals surface area (Å²) in [7, 11) is 0. The second-order valence-electron chi connectivity index (χ2n) is 5.41. The van der Waals surface area contributed by atoms with Gasteiger partial charge in [-0.25, -0.2) is 0 Å². The first-order valence-electron chi connectivity index (χ1n) is 7.78. The molecule has 0 saturated heterocycles. The van der Waals surface area contributed by atoms with E-state index in [2.05, 4.69) is 31.3 Å². The lowest BCUT2D eigenvalue weighted by Crippen LogP contribution is -2.16. The smallest absolute Gasteiger partial charge is 0.291 e. The van der Waals surface area contributed by atoms with E-state index < -0.39 is 0 Å². The molecule has 0 amide bonds. The lowest BCUT2D eigenvalue weighted by atomic mass is 10.2. The zero-order valence-electron chi connectivity index (χ0n) is 13.4. The highest BCUT2D eigenvalue weighted by Crippen LogP contribution is 2.21. The molecular weight excluding hydrogens is 416 g/mol. The maximum Gasteiger partial charge on any atom is 0.291 e. The van der Waals surface area contributed by atoms with Crippen molar-refractivity contribution >= 4 is 39.1 Å². The summed E-state index contributed by atoms with van der Waals surface area (Å²) in [6.07, 6.45) is 1.55. The molecule has 4 aromatic rings. The molecular formula is C18H13BrN4O2S. The number of anilines is 1. The van der Waals surface area contributed by atoms with Gasteiger partial charge in [-0.1, -0.05) is 34.1 Å². The van der Waals surface area contributed by atoms with Gasteiger partial charge in [0.05, 0.1) is 11.1 Å². The van der Waals surface area contributed by atoms with E-state index in [1.807, 2.05) is 35.7 Å². The van der Waals surface area contributed by atoms with Gasteiger partial charge in [0.1, 0.15) is 0 Å². The van der Waals surface area contributed by atoms with Crippen LogP contribution in [0.25, 0.3) is 11.6 Å². The molecule has 0 aliphatic carbocycles. The van der Waals surface area contributed by atoms with Crippen molar-refractivity contribution in [3.05, 3.63) is 75.1 Å². The molecule has 3 heterocycles. The van der Waals surface area contributed by atoms with Crippen molar-refractivity contribution in [2.75, 3.05) is 5.32 Å². The van der Waals surface area contributed by atoms with Crippen LogP contribution in [0.4, 0.5) is 5.95 Å². The third kappa shape index (κ3) is 3.47. The molecule has 0 bridgehead atoms. The molecule has 6 nitrogen and oxygen atoms in total. The molecule has 0 spiro atoms. The number of carbonyl (C=O) groups is 1.